The molecule has 0 radical (unpaired) electrons. The Labute approximate surface area is 115 Å². The quantitative estimate of drug-likeness (QED) is 0.851. The summed E-state index contributed by atoms with van der Waals surface area (Å²) >= 11 is 0. The Morgan fingerprint density at radius 2 is 1.89 bits per heavy atom. The van der Waals surface area contributed by atoms with E-state index in [0.29, 0.717) is 18.9 Å². The number of aliphatic hydroxyl groups excluding tert-OH is 1. The van der Waals surface area contributed by atoms with E-state index in [9.17, 15) is 9.90 Å². The molecule has 1 atom stereocenters. The molecule has 1 aliphatic rings. The zero-order valence-electron chi connectivity index (χ0n) is 11.8. The third kappa shape index (κ3) is 4.06. The number of likely N-dealkylation sites (N-methyl/N-ethyl adjacent to an activating group) is 1. The third-order valence-electron chi connectivity index (χ3n) is 3.84. The zero-order valence-corrected chi connectivity index (χ0v) is 11.8. The van der Waals surface area contributed by atoms with Crippen molar-refractivity contribution in [1.82, 2.24) is 4.90 Å². The molecule has 1 N–H and O–H groups in total. The number of hydrogen-bond acceptors (Lipinski definition) is 2. The minimum atomic E-state index is -0.351. The number of benzene rings is 1. The molecule has 3 nitrogen and oxygen atoms in total. The van der Waals surface area contributed by atoms with E-state index in [0.717, 1.165) is 24.8 Å². The molecule has 19 heavy (non-hydrogen) atoms. The molecular formula is C16H23NO2. The smallest absolute Gasteiger partial charge is 0.226 e. The molecule has 0 saturated heterocycles. The van der Waals surface area contributed by atoms with Crippen LogP contribution in [0, 0.1) is 5.92 Å². The molecule has 104 valence electrons. The van der Waals surface area contributed by atoms with Crippen LogP contribution < -0.4 is 0 Å². The number of amides is 1. The summed E-state index contributed by atoms with van der Waals surface area (Å²) in [5.41, 5.74) is 2.32. The van der Waals surface area contributed by atoms with Crippen LogP contribution in [0.4, 0.5) is 0 Å². The third-order valence-corrected chi connectivity index (χ3v) is 3.84. The second kappa shape index (κ2) is 6.20. The van der Waals surface area contributed by atoms with Crippen LogP contribution in [-0.4, -0.2) is 35.6 Å². The highest BCUT2D eigenvalue weighted by atomic mass is 16.3. The number of aliphatic hydroxyl groups is 1. The lowest BCUT2D eigenvalue weighted by Gasteiger charge is -2.20. The van der Waals surface area contributed by atoms with Gasteiger partial charge in [0, 0.05) is 13.6 Å². The van der Waals surface area contributed by atoms with E-state index in [4.69, 9.17) is 0 Å². The lowest BCUT2D eigenvalue weighted by molar-refractivity contribution is -0.130. The number of rotatable bonds is 6. The van der Waals surface area contributed by atoms with Gasteiger partial charge in [0.05, 0.1) is 12.5 Å². The monoisotopic (exact) mass is 261 g/mol. The van der Waals surface area contributed by atoms with Crippen molar-refractivity contribution in [2.24, 2.45) is 5.92 Å². The van der Waals surface area contributed by atoms with Crippen LogP contribution in [0.2, 0.25) is 0 Å². The molecular weight excluding hydrogens is 238 g/mol. The molecule has 1 fully saturated rings. The topological polar surface area (TPSA) is 40.5 Å². The van der Waals surface area contributed by atoms with Gasteiger partial charge in [0.2, 0.25) is 5.91 Å². The van der Waals surface area contributed by atoms with Crippen LogP contribution in [0.25, 0.3) is 0 Å². The van der Waals surface area contributed by atoms with Gasteiger partial charge in [-0.3, -0.25) is 4.79 Å². The normalized spacial score (nSPS) is 16.2. The standard InChI is InChI=1S/C16H23NO2/c1-3-12-4-6-13(7-5-12)10-16(19)17(2)11-15(18)14-8-9-14/h4-7,14-15,18H,3,8-11H2,1-2H3. The number of carbonyl (C=O) groups is 1. The van der Waals surface area contributed by atoms with Crippen molar-refractivity contribution < 1.29 is 9.90 Å². The van der Waals surface area contributed by atoms with Crippen molar-refractivity contribution in [3.63, 3.8) is 0 Å². The minimum absolute atomic E-state index is 0.0731. The van der Waals surface area contributed by atoms with Crippen LogP contribution in [0.15, 0.2) is 24.3 Å². The number of aryl methyl sites for hydroxylation is 1. The van der Waals surface area contributed by atoms with E-state index in [2.05, 4.69) is 19.1 Å². The zero-order chi connectivity index (χ0) is 13.8. The number of hydrogen-bond donors (Lipinski definition) is 1. The molecule has 2 rings (SSSR count). The maximum Gasteiger partial charge on any atom is 0.226 e. The van der Waals surface area contributed by atoms with Gasteiger partial charge < -0.3 is 10.0 Å². The van der Waals surface area contributed by atoms with Gasteiger partial charge in [0.25, 0.3) is 0 Å². The summed E-state index contributed by atoms with van der Waals surface area (Å²) in [7, 11) is 1.77. The predicted octanol–water partition coefficient (Wildman–Crippen LogP) is 2.02. The SMILES string of the molecule is CCc1ccc(CC(=O)N(C)CC(O)C2CC2)cc1. The number of nitrogens with zero attached hydrogens (tertiary/aromatic N) is 1. The Morgan fingerprint density at radius 1 is 1.32 bits per heavy atom. The molecule has 0 spiro atoms. The largest absolute Gasteiger partial charge is 0.391 e. The van der Waals surface area contributed by atoms with Gasteiger partial charge in [-0.2, -0.15) is 0 Å². The van der Waals surface area contributed by atoms with E-state index in [1.807, 2.05) is 12.1 Å². The van der Waals surface area contributed by atoms with Crippen molar-refractivity contribution in [3.05, 3.63) is 35.4 Å². The Hall–Kier alpha value is -1.35. The molecule has 0 aromatic heterocycles. The second-order valence-corrected chi connectivity index (χ2v) is 5.53. The fourth-order valence-corrected chi connectivity index (χ4v) is 2.21. The van der Waals surface area contributed by atoms with Gasteiger partial charge in [0.15, 0.2) is 0 Å². The summed E-state index contributed by atoms with van der Waals surface area (Å²) in [6.07, 6.45) is 3.28. The maximum absolute atomic E-state index is 12.1. The van der Waals surface area contributed by atoms with Crippen LogP contribution in [0.3, 0.4) is 0 Å². The molecule has 0 bridgehead atoms. The lowest BCUT2D eigenvalue weighted by atomic mass is 10.1. The first-order valence-corrected chi connectivity index (χ1v) is 7.10. The summed E-state index contributed by atoms with van der Waals surface area (Å²) in [5, 5.41) is 9.85. The van der Waals surface area contributed by atoms with E-state index >= 15 is 0 Å². The first-order valence-electron chi connectivity index (χ1n) is 7.10. The van der Waals surface area contributed by atoms with Gasteiger partial charge in [-0.15, -0.1) is 0 Å². The van der Waals surface area contributed by atoms with Gasteiger partial charge in [0.1, 0.15) is 0 Å². The van der Waals surface area contributed by atoms with Crippen molar-refractivity contribution in [1.29, 1.82) is 0 Å². The molecule has 1 saturated carbocycles. The van der Waals surface area contributed by atoms with Crippen molar-refractivity contribution in [2.45, 2.75) is 38.7 Å². The average molecular weight is 261 g/mol. The Morgan fingerprint density at radius 3 is 2.42 bits per heavy atom. The van der Waals surface area contributed by atoms with Crippen LogP contribution >= 0.6 is 0 Å². The highest BCUT2D eigenvalue weighted by molar-refractivity contribution is 5.78. The second-order valence-electron chi connectivity index (χ2n) is 5.53. The van der Waals surface area contributed by atoms with Gasteiger partial charge in [-0.1, -0.05) is 31.2 Å². The predicted molar refractivity (Wildman–Crippen MR) is 75.9 cm³/mol. The Bertz CT molecular complexity index is 423. The fraction of sp³-hybridized carbons (Fsp3) is 0.562. The van der Waals surface area contributed by atoms with E-state index in [-0.39, 0.29) is 12.0 Å². The minimum Gasteiger partial charge on any atom is -0.391 e. The van der Waals surface area contributed by atoms with Crippen LogP contribution in [-0.2, 0) is 17.6 Å². The molecule has 1 amide bonds. The van der Waals surface area contributed by atoms with Crippen molar-refractivity contribution >= 4 is 5.91 Å². The molecule has 1 aromatic rings. The summed E-state index contributed by atoms with van der Waals surface area (Å²) in [6, 6.07) is 8.17. The maximum atomic E-state index is 12.1. The van der Waals surface area contributed by atoms with Crippen LogP contribution in [0.1, 0.15) is 30.9 Å². The highest BCUT2D eigenvalue weighted by Gasteiger charge is 2.31. The molecule has 3 heteroatoms. The van der Waals surface area contributed by atoms with Crippen LogP contribution in [0.5, 0.6) is 0 Å². The van der Waals surface area contributed by atoms with E-state index < -0.39 is 0 Å². The van der Waals surface area contributed by atoms with Gasteiger partial charge in [-0.05, 0) is 36.3 Å². The lowest BCUT2D eigenvalue weighted by Crippen LogP contribution is -2.36. The summed E-state index contributed by atoms with van der Waals surface area (Å²) < 4.78 is 0. The van der Waals surface area contributed by atoms with Crippen molar-refractivity contribution in [3.8, 4) is 0 Å². The molecule has 1 aliphatic carbocycles. The summed E-state index contributed by atoms with van der Waals surface area (Å²) in [4.78, 5) is 13.7. The highest BCUT2D eigenvalue weighted by Crippen LogP contribution is 2.32. The van der Waals surface area contributed by atoms with Gasteiger partial charge >= 0.3 is 0 Å². The molecule has 1 unspecified atom stereocenters. The van der Waals surface area contributed by atoms with E-state index in [1.54, 1.807) is 11.9 Å². The average Bonchev–Trinajstić information content (AvgIpc) is 3.23. The Kier molecular flexibility index (Phi) is 4.59. The first kappa shape index (κ1) is 14.1. The van der Waals surface area contributed by atoms with Crippen molar-refractivity contribution in [2.75, 3.05) is 13.6 Å². The molecule has 1 aromatic carbocycles. The Balaban J connectivity index is 1.84. The molecule has 0 aliphatic heterocycles. The summed E-state index contributed by atoms with van der Waals surface area (Å²) in [6.45, 7) is 2.57. The first-order chi connectivity index (χ1) is 9.10. The van der Waals surface area contributed by atoms with Gasteiger partial charge in [-0.25, -0.2) is 0 Å². The van der Waals surface area contributed by atoms with E-state index in [1.165, 1.54) is 5.56 Å². The fourth-order valence-electron chi connectivity index (χ4n) is 2.21. The molecule has 0 heterocycles. The summed E-state index contributed by atoms with van der Waals surface area (Å²) in [5.74, 6) is 0.489. The number of carbonyl (C=O) groups excluding carboxylic acids is 1.